The number of hydrogen-bond acceptors (Lipinski definition) is 2. The fourth-order valence-electron chi connectivity index (χ4n) is 2.33. The van der Waals surface area contributed by atoms with E-state index < -0.39 is 0 Å². The predicted octanol–water partition coefficient (Wildman–Crippen LogP) is 3.86. The topological polar surface area (TPSA) is 29.5 Å². The van der Waals surface area contributed by atoms with Gasteiger partial charge in [-0.3, -0.25) is 0 Å². The molecule has 2 nitrogen and oxygen atoms in total. The van der Waals surface area contributed by atoms with E-state index in [9.17, 15) is 9.50 Å². The van der Waals surface area contributed by atoms with E-state index in [0.29, 0.717) is 11.7 Å². The zero-order valence-corrected chi connectivity index (χ0v) is 10.4. The molecule has 98 valence electrons. The molecule has 2 aromatic rings. The number of aliphatic hydroxyl groups is 1. The molecule has 2 aromatic carbocycles. The van der Waals surface area contributed by atoms with Crippen molar-refractivity contribution >= 4 is 0 Å². The number of ether oxygens (including phenoxy) is 1. The van der Waals surface area contributed by atoms with Gasteiger partial charge in [-0.05, 0) is 60.7 Å². The molecule has 1 saturated carbocycles. The second kappa shape index (κ2) is 5.02. The van der Waals surface area contributed by atoms with Gasteiger partial charge in [0.25, 0.3) is 0 Å². The first-order valence-corrected chi connectivity index (χ1v) is 6.42. The molecule has 0 unspecified atom stereocenters. The Balaban J connectivity index is 1.74. The van der Waals surface area contributed by atoms with Crippen LogP contribution in [0.2, 0.25) is 0 Å². The maximum atomic E-state index is 12.8. The summed E-state index contributed by atoms with van der Waals surface area (Å²) in [4.78, 5) is 0. The molecular formula is C16H15FO2. The first-order valence-electron chi connectivity index (χ1n) is 6.42. The van der Waals surface area contributed by atoms with Crippen molar-refractivity contribution in [1.82, 2.24) is 0 Å². The SMILES string of the molecule is OC1CC(c2cccc(Oc3ccc(F)cc3)c2)C1. The van der Waals surface area contributed by atoms with Crippen molar-refractivity contribution in [3.63, 3.8) is 0 Å². The van der Waals surface area contributed by atoms with Crippen molar-refractivity contribution in [2.45, 2.75) is 24.9 Å². The molecule has 0 saturated heterocycles. The average Bonchev–Trinajstić information content (AvgIpc) is 2.38. The van der Waals surface area contributed by atoms with E-state index >= 15 is 0 Å². The normalized spacial score (nSPS) is 21.8. The highest BCUT2D eigenvalue weighted by Crippen LogP contribution is 2.38. The Morgan fingerprint density at radius 3 is 2.42 bits per heavy atom. The van der Waals surface area contributed by atoms with Crippen molar-refractivity contribution < 1.29 is 14.2 Å². The number of rotatable bonds is 3. The molecule has 1 fully saturated rings. The fourth-order valence-corrected chi connectivity index (χ4v) is 2.33. The quantitative estimate of drug-likeness (QED) is 0.906. The first-order chi connectivity index (χ1) is 9.20. The summed E-state index contributed by atoms with van der Waals surface area (Å²) in [5.74, 6) is 1.51. The lowest BCUT2D eigenvalue weighted by Gasteiger charge is -2.31. The van der Waals surface area contributed by atoms with E-state index in [0.717, 1.165) is 18.6 Å². The third kappa shape index (κ3) is 2.76. The number of benzene rings is 2. The summed E-state index contributed by atoms with van der Waals surface area (Å²) in [6, 6.07) is 13.8. The lowest BCUT2D eigenvalue weighted by molar-refractivity contribution is 0.0746. The van der Waals surface area contributed by atoms with E-state index in [4.69, 9.17) is 4.74 Å². The molecule has 3 heteroatoms. The minimum absolute atomic E-state index is 0.160. The highest BCUT2D eigenvalue weighted by Gasteiger charge is 2.28. The van der Waals surface area contributed by atoms with Crippen LogP contribution in [-0.4, -0.2) is 11.2 Å². The van der Waals surface area contributed by atoms with Gasteiger partial charge < -0.3 is 9.84 Å². The van der Waals surface area contributed by atoms with Crippen LogP contribution in [0, 0.1) is 5.82 Å². The molecule has 19 heavy (non-hydrogen) atoms. The van der Waals surface area contributed by atoms with Gasteiger partial charge in [0.2, 0.25) is 0 Å². The third-order valence-electron chi connectivity index (χ3n) is 3.49. The third-order valence-corrected chi connectivity index (χ3v) is 3.49. The Morgan fingerprint density at radius 2 is 1.74 bits per heavy atom. The predicted molar refractivity (Wildman–Crippen MR) is 70.9 cm³/mol. The van der Waals surface area contributed by atoms with Gasteiger partial charge in [0, 0.05) is 0 Å². The minimum atomic E-state index is -0.274. The lowest BCUT2D eigenvalue weighted by atomic mass is 9.78. The van der Waals surface area contributed by atoms with E-state index in [1.165, 1.54) is 17.7 Å². The Morgan fingerprint density at radius 1 is 1.00 bits per heavy atom. The Hall–Kier alpha value is -1.87. The van der Waals surface area contributed by atoms with Gasteiger partial charge in [-0.2, -0.15) is 0 Å². The molecule has 0 spiro atoms. The van der Waals surface area contributed by atoms with E-state index in [1.807, 2.05) is 24.3 Å². The van der Waals surface area contributed by atoms with Gasteiger partial charge in [0.15, 0.2) is 0 Å². The Kier molecular flexibility index (Phi) is 3.22. The van der Waals surface area contributed by atoms with Crippen molar-refractivity contribution in [1.29, 1.82) is 0 Å². The molecule has 0 aliphatic heterocycles. The van der Waals surface area contributed by atoms with Gasteiger partial charge in [0.1, 0.15) is 17.3 Å². The second-order valence-electron chi connectivity index (χ2n) is 4.95. The minimum Gasteiger partial charge on any atom is -0.457 e. The highest BCUT2D eigenvalue weighted by atomic mass is 19.1. The van der Waals surface area contributed by atoms with E-state index in [-0.39, 0.29) is 11.9 Å². The van der Waals surface area contributed by atoms with Crippen LogP contribution in [0.1, 0.15) is 24.3 Å². The summed E-state index contributed by atoms with van der Waals surface area (Å²) in [6.45, 7) is 0. The van der Waals surface area contributed by atoms with Crippen LogP contribution < -0.4 is 4.74 Å². The molecule has 1 aliphatic rings. The molecule has 0 heterocycles. The molecule has 0 atom stereocenters. The number of hydrogen-bond donors (Lipinski definition) is 1. The van der Waals surface area contributed by atoms with Crippen molar-refractivity contribution in [3.8, 4) is 11.5 Å². The van der Waals surface area contributed by atoms with E-state index in [1.54, 1.807) is 12.1 Å². The second-order valence-corrected chi connectivity index (χ2v) is 4.95. The zero-order chi connectivity index (χ0) is 13.2. The van der Waals surface area contributed by atoms with Gasteiger partial charge >= 0.3 is 0 Å². The van der Waals surface area contributed by atoms with Crippen LogP contribution in [0.5, 0.6) is 11.5 Å². The molecule has 3 rings (SSSR count). The van der Waals surface area contributed by atoms with Crippen LogP contribution in [0.4, 0.5) is 4.39 Å². The largest absolute Gasteiger partial charge is 0.457 e. The van der Waals surface area contributed by atoms with Crippen LogP contribution >= 0.6 is 0 Å². The monoisotopic (exact) mass is 258 g/mol. The maximum absolute atomic E-state index is 12.8. The first kappa shape index (κ1) is 12.2. The summed E-state index contributed by atoms with van der Waals surface area (Å²) >= 11 is 0. The van der Waals surface area contributed by atoms with Crippen LogP contribution in [-0.2, 0) is 0 Å². The van der Waals surface area contributed by atoms with Gasteiger partial charge in [-0.25, -0.2) is 4.39 Å². The molecule has 1 N–H and O–H groups in total. The lowest BCUT2D eigenvalue weighted by Crippen LogP contribution is -2.26. The maximum Gasteiger partial charge on any atom is 0.127 e. The van der Waals surface area contributed by atoms with Crippen molar-refractivity contribution in [2.75, 3.05) is 0 Å². The zero-order valence-electron chi connectivity index (χ0n) is 10.4. The Bertz CT molecular complexity index is 559. The van der Waals surface area contributed by atoms with Crippen LogP contribution in [0.3, 0.4) is 0 Å². The number of aliphatic hydroxyl groups excluding tert-OH is 1. The molecule has 1 aliphatic carbocycles. The number of halogens is 1. The summed E-state index contributed by atoms with van der Waals surface area (Å²) in [5, 5.41) is 9.34. The molecular weight excluding hydrogens is 243 g/mol. The Labute approximate surface area is 111 Å². The van der Waals surface area contributed by atoms with Crippen LogP contribution in [0.15, 0.2) is 48.5 Å². The van der Waals surface area contributed by atoms with Crippen molar-refractivity contribution in [2.24, 2.45) is 0 Å². The average molecular weight is 258 g/mol. The van der Waals surface area contributed by atoms with Gasteiger partial charge in [0.05, 0.1) is 6.10 Å². The molecule has 0 amide bonds. The fraction of sp³-hybridized carbons (Fsp3) is 0.250. The summed E-state index contributed by atoms with van der Waals surface area (Å²) in [7, 11) is 0. The summed E-state index contributed by atoms with van der Waals surface area (Å²) < 4.78 is 18.5. The van der Waals surface area contributed by atoms with Crippen molar-refractivity contribution in [3.05, 3.63) is 59.9 Å². The van der Waals surface area contributed by atoms with Gasteiger partial charge in [-0.15, -0.1) is 0 Å². The van der Waals surface area contributed by atoms with Gasteiger partial charge in [-0.1, -0.05) is 12.1 Å². The van der Waals surface area contributed by atoms with Crippen LogP contribution in [0.25, 0.3) is 0 Å². The molecule has 0 aromatic heterocycles. The summed E-state index contributed by atoms with van der Waals surface area (Å²) in [6.07, 6.45) is 1.48. The molecule has 0 radical (unpaired) electrons. The smallest absolute Gasteiger partial charge is 0.127 e. The molecule has 0 bridgehead atoms. The standard InChI is InChI=1S/C16H15FO2/c17-13-4-6-15(7-5-13)19-16-3-1-2-11(10-16)12-8-14(18)9-12/h1-7,10,12,14,18H,8-9H2. The highest BCUT2D eigenvalue weighted by molar-refractivity contribution is 5.36. The van der Waals surface area contributed by atoms with E-state index in [2.05, 4.69) is 0 Å². The summed E-state index contributed by atoms with van der Waals surface area (Å²) in [5.41, 5.74) is 1.19.